The fraction of sp³-hybridized carbons (Fsp3) is 0.111. The average molecular weight is 174 g/mol. The molecule has 4 heteroatoms. The molecule has 0 aliphatic carbocycles. The Bertz CT molecular complexity index is 405. The number of hydrogen-bond acceptors (Lipinski definition) is 3. The molecule has 0 atom stereocenters. The second-order valence-electron chi connectivity index (χ2n) is 2.83. The van der Waals surface area contributed by atoms with Crippen molar-refractivity contribution in [2.45, 2.75) is 6.92 Å². The molecule has 2 aromatic rings. The minimum absolute atomic E-state index is 0.836. The third-order valence-electron chi connectivity index (χ3n) is 1.97. The van der Waals surface area contributed by atoms with Crippen LogP contribution in [0.4, 0.5) is 0 Å². The van der Waals surface area contributed by atoms with E-state index in [9.17, 15) is 0 Å². The maximum absolute atomic E-state index is 5.52. The summed E-state index contributed by atoms with van der Waals surface area (Å²) in [6.45, 7) is 1.89. The van der Waals surface area contributed by atoms with Gasteiger partial charge in [0.05, 0.1) is 5.69 Å². The van der Waals surface area contributed by atoms with Crippen molar-refractivity contribution in [3.05, 3.63) is 36.0 Å². The highest BCUT2D eigenvalue weighted by Crippen LogP contribution is 2.18. The molecular weight excluding hydrogens is 164 g/mol. The molecule has 0 spiro atoms. The van der Waals surface area contributed by atoms with Gasteiger partial charge in [0.1, 0.15) is 5.69 Å². The van der Waals surface area contributed by atoms with Crippen molar-refractivity contribution in [2.24, 2.45) is 0 Å². The standard InChI is InChI=1S/C9H10N4/c1-7-9(11-12-13(7)10)8-5-3-2-4-6-8/h2-6H,10H2,1H3. The second-order valence-corrected chi connectivity index (χ2v) is 2.83. The van der Waals surface area contributed by atoms with Gasteiger partial charge in [-0.2, -0.15) is 4.79 Å². The first-order valence-electron chi connectivity index (χ1n) is 4.02. The van der Waals surface area contributed by atoms with Gasteiger partial charge in [-0.3, -0.25) is 0 Å². The number of hydrogen-bond donors (Lipinski definition) is 1. The van der Waals surface area contributed by atoms with Gasteiger partial charge in [0, 0.05) is 5.56 Å². The van der Waals surface area contributed by atoms with Gasteiger partial charge in [0.2, 0.25) is 0 Å². The molecule has 0 fully saturated rings. The molecule has 0 saturated heterocycles. The molecule has 0 unspecified atom stereocenters. The largest absolute Gasteiger partial charge is 0.322 e. The summed E-state index contributed by atoms with van der Waals surface area (Å²) in [5, 5.41) is 7.71. The zero-order valence-corrected chi connectivity index (χ0v) is 7.31. The summed E-state index contributed by atoms with van der Waals surface area (Å²) in [7, 11) is 0. The third kappa shape index (κ3) is 1.26. The molecule has 2 rings (SSSR count). The van der Waals surface area contributed by atoms with Crippen LogP contribution in [0.2, 0.25) is 0 Å². The second kappa shape index (κ2) is 2.90. The average Bonchev–Trinajstić information content (AvgIpc) is 2.49. The minimum Gasteiger partial charge on any atom is -0.322 e. The van der Waals surface area contributed by atoms with Crippen LogP contribution < -0.4 is 5.84 Å². The number of nitrogen functional groups attached to an aromatic ring is 1. The van der Waals surface area contributed by atoms with E-state index in [4.69, 9.17) is 5.84 Å². The molecular formula is C9H10N4. The van der Waals surface area contributed by atoms with Crippen LogP contribution in [0.15, 0.2) is 30.3 Å². The normalized spacial score (nSPS) is 10.2. The van der Waals surface area contributed by atoms with Crippen LogP contribution in [0.1, 0.15) is 5.69 Å². The molecule has 0 radical (unpaired) electrons. The Morgan fingerprint density at radius 1 is 1.23 bits per heavy atom. The van der Waals surface area contributed by atoms with Gasteiger partial charge in [-0.15, -0.1) is 5.10 Å². The maximum atomic E-state index is 5.52. The molecule has 4 nitrogen and oxygen atoms in total. The van der Waals surface area contributed by atoms with Crippen LogP contribution in [0, 0.1) is 6.92 Å². The molecule has 13 heavy (non-hydrogen) atoms. The minimum atomic E-state index is 0.836. The Kier molecular flexibility index (Phi) is 1.73. The smallest absolute Gasteiger partial charge is 0.118 e. The van der Waals surface area contributed by atoms with Crippen LogP contribution >= 0.6 is 0 Å². The summed E-state index contributed by atoms with van der Waals surface area (Å²) in [6, 6.07) is 9.86. The van der Waals surface area contributed by atoms with Crippen LogP contribution in [0.3, 0.4) is 0 Å². The van der Waals surface area contributed by atoms with Crippen molar-refractivity contribution in [3.63, 3.8) is 0 Å². The summed E-state index contributed by atoms with van der Waals surface area (Å²) in [4.78, 5) is 1.28. The van der Waals surface area contributed by atoms with E-state index < -0.39 is 0 Å². The molecule has 0 bridgehead atoms. The van der Waals surface area contributed by atoms with Crippen molar-refractivity contribution in [1.82, 2.24) is 15.1 Å². The van der Waals surface area contributed by atoms with E-state index in [-0.39, 0.29) is 0 Å². The first-order valence-corrected chi connectivity index (χ1v) is 4.02. The highest BCUT2D eigenvalue weighted by atomic mass is 15.6. The van der Waals surface area contributed by atoms with Crippen molar-refractivity contribution in [3.8, 4) is 11.3 Å². The fourth-order valence-corrected chi connectivity index (χ4v) is 1.20. The molecule has 1 heterocycles. The SMILES string of the molecule is Cc1c(-c2ccccc2)nnn1N. The zero-order valence-electron chi connectivity index (χ0n) is 7.31. The lowest BCUT2D eigenvalue weighted by Gasteiger charge is -1.96. The van der Waals surface area contributed by atoms with Gasteiger partial charge < -0.3 is 5.84 Å². The number of aromatic nitrogens is 3. The number of nitrogens with zero attached hydrogens (tertiary/aromatic N) is 3. The van der Waals surface area contributed by atoms with Gasteiger partial charge in [0.25, 0.3) is 0 Å². The first-order chi connectivity index (χ1) is 6.29. The molecule has 0 aliphatic heterocycles. The van der Waals surface area contributed by atoms with E-state index >= 15 is 0 Å². The van der Waals surface area contributed by atoms with Crippen LogP contribution in [-0.4, -0.2) is 15.1 Å². The molecule has 0 aliphatic rings. The monoisotopic (exact) mass is 174 g/mol. The summed E-state index contributed by atoms with van der Waals surface area (Å²) in [6.07, 6.45) is 0. The van der Waals surface area contributed by atoms with E-state index in [0.29, 0.717) is 0 Å². The molecule has 66 valence electrons. The van der Waals surface area contributed by atoms with Crippen molar-refractivity contribution in [1.29, 1.82) is 0 Å². The topological polar surface area (TPSA) is 56.7 Å². The summed E-state index contributed by atoms with van der Waals surface area (Å²) in [5.41, 5.74) is 2.74. The quantitative estimate of drug-likeness (QED) is 0.655. The maximum Gasteiger partial charge on any atom is 0.118 e. The molecule has 1 aromatic carbocycles. The van der Waals surface area contributed by atoms with Crippen molar-refractivity contribution >= 4 is 0 Å². The highest BCUT2D eigenvalue weighted by Gasteiger charge is 2.07. The molecule has 0 saturated carbocycles. The van der Waals surface area contributed by atoms with Gasteiger partial charge in [-0.05, 0) is 12.1 Å². The van der Waals surface area contributed by atoms with E-state index in [0.717, 1.165) is 17.0 Å². The van der Waals surface area contributed by atoms with E-state index in [1.165, 1.54) is 4.79 Å². The Hall–Kier alpha value is -1.84. The van der Waals surface area contributed by atoms with Gasteiger partial charge in [0.15, 0.2) is 0 Å². The Morgan fingerprint density at radius 3 is 2.46 bits per heavy atom. The molecule has 1 aromatic heterocycles. The Labute approximate surface area is 76.0 Å². The predicted molar refractivity (Wildman–Crippen MR) is 50.3 cm³/mol. The van der Waals surface area contributed by atoms with E-state index in [2.05, 4.69) is 10.3 Å². The lowest BCUT2D eigenvalue weighted by atomic mass is 10.1. The summed E-state index contributed by atoms with van der Waals surface area (Å²) in [5.74, 6) is 5.52. The van der Waals surface area contributed by atoms with Crippen LogP contribution in [0.25, 0.3) is 11.3 Å². The Balaban J connectivity index is 2.53. The van der Waals surface area contributed by atoms with Gasteiger partial charge >= 0.3 is 0 Å². The zero-order chi connectivity index (χ0) is 9.26. The predicted octanol–water partition coefficient (Wildman–Crippen LogP) is 0.967. The number of nitrogens with two attached hydrogens (primary N) is 1. The number of benzene rings is 1. The van der Waals surface area contributed by atoms with Crippen LogP contribution in [-0.2, 0) is 0 Å². The molecule has 0 amide bonds. The summed E-state index contributed by atoms with van der Waals surface area (Å²) >= 11 is 0. The van der Waals surface area contributed by atoms with Crippen molar-refractivity contribution < 1.29 is 0 Å². The highest BCUT2D eigenvalue weighted by molar-refractivity contribution is 5.60. The summed E-state index contributed by atoms with van der Waals surface area (Å²) < 4.78 is 0. The van der Waals surface area contributed by atoms with E-state index in [1.807, 2.05) is 37.3 Å². The third-order valence-corrected chi connectivity index (χ3v) is 1.97. The number of rotatable bonds is 1. The van der Waals surface area contributed by atoms with Gasteiger partial charge in [-0.1, -0.05) is 30.3 Å². The van der Waals surface area contributed by atoms with Gasteiger partial charge in [-0.25, -0.2) is 0 Å². The van der Waals surface area contributed by atoms with Crippen molar-refractivity contribution in [2.75, 3.05) is 5.84 Å². The fourth-order valence-electron chi connectivity index (χ4n) is 1.20. The lowest BCUT2D eigenvalue weighted by molar-refractivity contribution is 0.747. The lowest BCUT2D eigenvalue weighted by Crippen LogP contribution is -2.11. The molecule has 2 N–H and O–H groups in total. The van der Waals surface area contributed by atoms with Crippen LogP contribution in [0.5, 0.6) is 0 Å². The van der Waals surface area contributed by atoms with E-state index in [1.54, 1.807) is 0 Å². The first kappa shape index (κ1) is 7.79. The Morgan fingerprint density at radius 2 is 1.92 bits per heavy atom.